The van der Waals surface area contributed by atoms with Crippen LogP contribution in [0, 0.1) is 6.92 Å². The van der Waals surface area contributed by atoms with Crippen molar-refractivity contribution in [3.8, 4) is 0 Å². The summed E-state index contributed by atoms with van der Waals surface area (Å²) in [6.07, 6.45) is 1.77. The van der Waals surface area contributed by atoms with E-state index in [4.69, 9.17) is 0 Å². The number of amides is 2. The summed E-state index contributed by atoms with van der Waals surface area (Å²) >= 11 is 0. The number of rotatable bonds is 3. The van der Waals surface area contributed by atoms with Gasteiger partial charge in [-0.2, -0.15) is 0 Å². The van der Waals surface area contributed by atoms with E-state index in [2.05, 4.69) is 5.32 Å². The van der Waals surface area contributed by atoms with E-state index in [-0.39, 0.29) is 12.1 Å². The van der Waals surface area contributed by atoms with E-state index in [1.807, 2.05) is 44.1 Å². The zero-order chi connectivity index (χ0) is 16.5. The van der Waals surface area contributed by atoms with Gasteiger partial charge in [-0.15, -0.1) is 0 Å². The average Bonchev–Trinajstić information content (AvgIpc) is 2.87. The number of nitrogens with zero attached hydrogens (tertiary/aromatic N) is 2. The third-order valence-corrected chi connectivity index (χ3v) is 4.26. The summed E-state index contributed by atoms with van der Waals surface area (Å²) in [5.74, 6) is 0. The summed E-state index contributed by atoms with van der Waals surface area (Å²) < 4.78 is 0. The molecule has 122 valence electrons. The number of nitrogens with one attached hydrogen (secondary N) is 1. The number of aryl methyl sites for hydroxylation is 1. The lowest BCUT2D eigenvalue weighted by atomic mass is 9.97. The van der Waals surface area contributed by atoms with Crippen molar-refractivity contribution in [1.29, 1.82) is 0 Å². The van der Waals surface area contributed by atoms with Crippen LogP contribution in [0.15, 0.2) is 18.2 Å². The van der Waals surface area contributed by atoms with Crippen molar-refractivity contribution < 1.29 is 9.90 Å². The molecule has 2 N–H and O–H groups in total. The minimum absolute atomic E-state index is 0.130. The molecule has 22 heavy (non-hydrogen) atoms. The minimum atomic E-state index is -0.876. The second kappa shape index (κ2) is 6.16. The minimum Gasteiger partial charge on any atom is -0.388 e. The third-order valence-electron chi connectivity index (χ3n) is 4.26. The van der Waals surface area contributed by atoms with E-state index in [0.717, 1.165) is 29.8 Å². The van der Waals surface area contributed by atoms with Gasteiger partial charge < -0.3 is 20.2 Å². The Hall–Kier alpha value is -1.75. The summed E-state index contributed by atoms with van der Waals surface area (Å²) in [5, 5.41) is 13.2. The van der Waals surface area contributed by atoms with Gasteiger partial charge >= 0.3 is 6.03 Å². The van der Waals surface area contributed by atoms with Gasteiger partial charge in [-0.25, -0.2) is 4.79 Å². The molecular formula is C17H27N3O2. The Morgan fingerprint density at radius 3 is 2.64 bits per heavy atom. The van der Waals surface area contributed by atoms with Crippen LogP contribution in [0.1, 0.15) is 32.3 Å². The lowest BCUT2D eigenvalue weighted by Crippen LogP contribution is -2.49. The number of carbonyl (C=O) groups is 1. The predicted octanol–water partition coefficient (Wildman–Crippen LogP) is 2.83. The highest BCUT2D eigenvalue weighted by Gasteiger charge is 2.38. The fourth-order valence-electron chi connectivity index (χ4n) is 3.17. The Morgan fingerprint density at radius 1 is 1.41 bits per heavy atom. The number of likely N-dealkylation sites (tertiary alicyclic amines) is 1. The van der Waals surface area contributed by atoms with Crippen molar-refractivity contribution in [3.05, 3.63) is 23.8 Å². The van der Waals surface area contributed by atoms with Crippen molar-refractivity contribution in [3.63, 3.8) is 0 Å². The van der Waals surface area contributed by atoms with Crippen molar-refractivity contribution in [1.82, 2.24) is 4.90 Å². The van der Waals surface area contributed by atoms with Crippen LogP contribution >= 0.6 is 0 Å². The molecule has 1 aromatic carbocycles. The molecule has 5 heteroatoms. The van der Waals surface area contributed by atoms with Crippen LogP contribution in [0.3, 0.4) is 0 Å². The molecule has 1 unspecified atom stereocenters. The summed E-state index contributed by atoms with van der Waals surface area (Å²) in [7, 11) is 4.00. The van der Waals surface area contributed by atoms with Gasteiger partial charge in [0, 0.05) is 32.0 Å². The first-order valence-electron chi connectivity index (χ1n) is 7.78. The molecule has 5 nitrogen and oxygen atoms in total. The quantitative estimate of drug-likeness (QED) is 0.903. The molecular weight excluding hydrogens is 278 g/mol. The second-order valence-electron chi connectivity index (χ2n) is 6.83. The Balaban J connectivity index is 2.10. The first-order chi connectivity index (χ1) is 10.2. The summed E-state index contributed by atoms with van der Waals surface area (Å²) in [6.45, 7) is 6.24. The fraction of sp³-hybridized carbons (Fsp3) is 0.588. The average molecular weight is 305 g/mol. The van der Waals surface area contributed by atoms with Crippen LogP contribution in [0.2, 0.25) is 0 Å². The normalized spacial score (nSPS) is 18.5. The van der Waals surface area contributed by atoms with Crippen molar-refractivity contribution >= 4 is 17.4 Å². The van der Waals surface area contributed by atoms with E-state index < -0.39 is 5.60 Å². The molecule has 1 saturated heterocycles. The molecule has 1 aromatic rings. The second-order valence-corrected chi connectivity index (χ2v) is 6.83. The van der Waals surface area contributed by atoms with Crippen molar-refractivity contribution in [2.75, 3.05) is 30.9 Å². The maximum atomic E-state index is 12.5. The molecule has 0 spiro atoms. The molecule has 0 radical (unpaired) electrons. The van der Waals surface area contributed by atoms with E-state index in [0.29, 0.717) is 6.54 Å². The highest BCUT2D eigenvalue weighted by molar-refractivity contribution is 5.90. The molecule has 1 atom stereocenters. The van der Waals surface area contributed by atoms with Crippen molar-refractivity contribution in [2.45, 2.75) is 45.3 Å². The van der Waals surface area contributed by atoms with Gasteiger partial charge in [-0.3, -0.25) is 0 Å². The van der Waals surface area contributed by atoms with E-state index >= 15 is 0 Å². The number of anilines is 2. The molecule has 0 aromatic heterocycles. The van der Waals surface area contributed by atoms with Gasteiger partial charge in [-0.1, -0.05) is 0 Å². The van der Waals surface area contributed by atoms with Crippen LogP contribution in [0.25, 0.3) is 0 Å². The molecule has 0 saturated carbocycles. The maximum Gasteiger partial charge on any atom is 0.322 e. The summed E-state index contributed by atoms with van der Waals surface area (Å²) in [6, 6.07) is 5.62. The van der Waals surface area contributed by atoms with Gasteiger partial charge in [0.15, 0.2) is 0 Å². The molecule has 0 aliphatic carbocycles. The number of carbonyl (C=O) groups excluding carboxylic acids is 1. The van der Waals surface area contributed by atoms with Gasteiger partial charge in [0.05, 0.1) is 11.6 Å². The lowest BCUT2D eigenvalue weighted by molar-refractivity contribution is 0.0117. The Kier molecular flexibility index (Phi) is 4.66. The standard InChI is InChI=1S/C17H27N3O2/c1-12-11-13(8-9-14(12)19(4)5)18-16(21)20-10-6-7-15(20)17(2,3)22/h8-9,11,15,22H,6-7,10H2,1-5H3,(H,18,21). The van der Waals surface area contributed by atoms with Crippen LogP contribution in [0.5, 0.6) is 0 Å². The van der Waals surface area contributed by atoms with Crippen LogP contribution in [0.4, 0.5) is 16.2 Å². The number of hydrogen-bond acceptors (Lipinski definition) is 3. The number of benzene rings is 1. The third kappa shape index (κ3) is 3.53. The first-order valence-corrected chi connectivity index (χ1v) is 7.78. The number of hydrogen-bond donors (Lipinski definition) is 2. The Morgan fingerprint density at radius 2 is 2.09 bits per heavy atom. The maximum absolute atomic E-state index is 12.5. The topological polar surface area (TPSA) is 55.8 Å². The highest BCUT2D eigenvalue weighted by Crippen LogP contribution is 2.28. The monoisotopic (exact) mass is 305 g/mol. The molecule has 2 amide bonds. The first kappa shape index (κ1) is 16.6. The van der Waals surface area contributed by atoms with Gasteiger partial charge in [0.25, 0.3) is 0 Å². The predicted molar refractivity (Wildman–Crippen MR) is 90.6 cm³/mol. The van der Waals surface area contributed by atoms with E-state index in [9.17, 15) is 9.90 Å². The van der Waals surface area contributed by atoms with Gasteiger partial charge in [-0.05, 0) is 57.4 Å². The zero-order valence-electron chi connectivity index (χ0n) is 14.2. The Bertz CT molecular complexity index is 549. The molecule has 0 bridgehead atoms. The fourth-order valence-corrected chi connectivity index (χ4v) is 3.17. The smallest absolute Gasteiger partial charge is 0.322 e. The molecule has 2 rings (SSSR count). The van der Waals surface area contributed by atoms with Crippen LogP contribution in [-0.4, -0.2) is 48.3 Å². The molecule has 1 heterocycles. The summed E-state index contributed by atoms with van der Waals surface area (Å²) in [5.41, 5.74) is 2.16. The van der Waals surface area contributed by atoms with E-state index in [1.54, 1.807) is 18.7 Å². The SMILES string of the molecule is Cc1cc(NC(=O)N2CCCC2C(C)(C)O)ccc1N(C)C. The van der Waals surface area contributed by atoms with Gasteiger partial charge in [0.1, 0.15) is 0 Å². The number of aliphatic hydroxyl groups is 1. The van der Waals surface area contributed by atoms with E-state index in [1.165, 1.54) is 0 Å². The molecule has 1 aliphatic rings. The van der Waals surface area contributed by atoms with Gasteiger partial charge in [0.2, 0.25) is 0 Å². The van der Waals surface area contributed by atoms with Crippen LogP contribution in [-0.2, 0) is 0 Å². The van der Waals surface area contributed by atoms with Crippen molar-refractivity contribution in [2.24, 2.45) is 0 Å². The lowest BCUT2D eigenvalue weighted by Gasteiger charge is -2.33. The largest absolute Gasteiger partial charge is 0.388 e. The Labute approximate surface area is 132 Å². The number of urea groups is 1. The van der Waals surface area contributed by atoms with Crippen LogP contribution < -0.4 is 10.2 Å². The summed E-state index contributed by atoms with van der Waals surface area (Å²) in [4.78, 5) is 16.3. The molecule has 1 aliphatic heterocycles. The highest BCUT2D eigenvalue weighted by atomic mass is 16.3. The zero-order valence-corrected chi connectivity index (χ0v) is 14.2. The molecule has 1 fully saturated rings.